The van der Waals surface area contributed by atoms with Gasteiger partial charge in [0, 0.05) is 0 Å². The molecule has 0 unspecified atom stereocenters. The average molecular weight is 183 g/mol. The van der Waals surface area contributed by atoms with Crippen LogP contribution in [-0.2, 0) is 0 Å². The summed E-state index contributed by atoms with van der Waals surface area (Å²) in [6, 6.07) is 0. The summed E-state index contributed by atoms with van der Waals surface area (Å²) < 4.78 is 25.3. The van der Waals surface area contributed by atoms with E-state index >= 15 is 0 Å². The van der Waals surface area contributed by atoms with Gasteiger partial charge in [-0.2, -0.15) is 0 Å². The zero-order valence-corrected chi connectivity index (χ0v) is 6.78. The van der Waals surface area contributed by atoms with Crippen molar-refractivity contribution in [3.63, 3.8) is 0 Å². The second-order valence-corrected chi connectivity index (χ2v) is 4.47. The molecule has 0 spiro atoms. The fraction of sp³-hybridized carbons (Fsp3) is 0. The van der Waals surface area contributed by atoms with Crippen molar-refractivity contribution in [1.29, 1.82) is 0 Å². The van der Waals surface area contributed by atoms with Crippen molar-refractivity contribution in [2.24, 2.45) is 5.73 Å². The fourth-order valence-electron chi connectivity index (χ4n) is 0.202. The molecule has 0 saturated carbocycles. The van der Waals surface area contributed by atoms with Gasteiger partial charge in [-0.15, -0.1) is 0 Å². The average Bonchev–Trinajstić information content (AvgIpc) is 1.60. The molecule has 0 rings (SSSR count). The molecule has 4 nitrogen and oxygen atoms in total. The van der Waals surface area contributed by atoms with Gasteiger partial charge in [-0.05, 0) is 0 Å². The highest BCUT2D eigenvalue weighted by molar-refractivity contribution is 8.34. The topological polar surface area (TPSA) is 86.7 Å². The van der Waals surface area contributed by atoms with Crippen LogP contribution in [0.4, 0.5) is 0 Å². The molecule has 0 amide bonds. The molecule has 0 saturated heterocycles. The molecule has 0 aliphatic carbocycles. The van der Waals surface area contributed by atoms with E-state index in [4.69, 9.17) is 19.4 Å². The van der Waals surface area contributed by atoms with E-state index in [1.165, 1.54) is 0 Å². The van der Waals surface area contributed by atoms with Crippen molar-refractivity contribution in [1.82, 2.24) is 0 Å². The molecule has 0 aromatic rings. The van der Waals surface area contributed by atoms with Crippen molar-refractivity contribution in [2.45, 2.75) is 0 Å². The van der Waals surface area contributed by atoms with Crippen LogP contribution in [0.15, 0.2) is 22.4 Å². The Morgan fingerprint density at radius 1 is 1.30 bits per heavy atom. The summed E-state index contributed by atoms with van der Waals surface area (Å²) in [5, 5.41) is 0.152. The lowest BCUT2D eigenvalue weighted by atomic mass is 11.1. The summed E-state index contributed by atoms with van der Waals surface area (Å²) in [6.45, 7) is 6.44. The van der Waals surface area contributed by atoms with Crippen LogP contribution < -0.4 is 5.73 Å². The SMILES string of the molecule is C=C(N)SC(=C)S(O)(O)O. The van der Waals surface area contributed by atoms with Gasteiger partial charge in [-0.25, -0.2) is 0 Å². The first kappa shape index (κ1) is 9.86. The van der Waals surface area contributed by atoms with Crippen LogP contribution in [0.3, 0.4) is 0 Å². The minimum absolute atomic E-state index is 0.152. The Hall–Kier alpha value is -0.140. The molecular weight excluding hydrogens is 174 g/mol. The monoisotopic (exact) mass is 183 g/mol. The van der Waals surface area contributed by atoms with Gasteiger partial charge < -0.3 is 19.4 Å². The molecule has 60 valence electrons. The standard InChI is InChI=1S/C4H9NO3S2/c1-3(5)9-4(2)10(6,7)8/h6-8H,1-2,5H2. The Morgan fingerprint density at radius 2 is 1.70 bits per heavy atom. The zero-order valence-electron chi connectivity index (χ0n) is 5.15. The molecule has 0 aromatic carbocycles. The van der Waals surface area contributed by atoms with Crippen LogP contribution >= 0.6 is 22.6 Å². The third kappa shape index (κ3) is 3.80. The van der Waals surface area contributed by atoms with Gasteiger partial charge in [-0.1, -0.05) is 24.9 Å². The van der Waals surface area contributed by atoms with Crippen LogP contribution in [0.5, 0.6) is 0 Å². The lowest BCUT2D eigenvalue weighted by Crippen LogP contribution is -1.97. The van der Waals surface area contributed by atoms with Crippen LogP contribution in [0.1, 0.15) is 0 Å². The molecule has 0 aliphatic rings. The smallest absolute Gasteiger partial charge is 0.119 e. The van der Waals surface area contributed by atoms with E-state index in [1.54, 1.807) is 0 Å². The molecule has 5 N–H and O–H groups in total. The van der Waals surface area contributed by atoms with E-state index in [0.29, 0.717) is 0 Å². The summed E-state index contributed by atoms with van der Waals surface area (Å²) in [4.78, 5) is 0. The molecule has 10 heavy (non-hydrogen) atoms. The number of hydrogen-bond donors (Lipinski definition) is 4. The summed E-state index contributed by atoms with van der Waals surface area (Å²) in [6.07, 6.45) is 0. The maximum Gasteiger partial charge on any atom is 0.119 e. The second-order valence-electron chi connectivity index (χ2n) is 1.46. The van der Waals surface area contributed by atoms with Crippen molar-refractivity contribution in [3.8, 4) is 0 Å². The second kappa shape index (κ2) is 3.31. The summed E-state index contributed by atoms with van der Waals surface area (Å²) in [5.41, 5.74) is 5.08. The highest BCUT2D eigenvalue weighted by atomic mass is 32.3. The highest BCUT2D eigenvalue weighted by Gasteiger charge is 2.17. The lowest BCUT2D eigenvalue weighted by molar-refractivity contribution is 0.388. The van der Waals surface area contributed by atoms with E-state index in [2.05, 4.69) is 13.2 Å². The Labute approximate surface area is 65.0 Å². The predicted octanol–water partition coefficient (Wildman–Crippen LogP) is 1.84. The molecule has 0 aliphatic heterocycles. The van der Waals surface area contributed by atoms with Crippen LogP contribution in [0, 0.1) is 0 Å². The normalized spacial score (nSPS) is 12.7. The quantitative estimate of drug-likeness (QED) is 0.536. The van der Waals surface area contributed by atoms with Gasteiger partial charge in [0.15, 0.2) is 0 Å². The molecule has 0 heterocycles. The molecule has 6 heteroatoms. The third-order valence-electron chi connectivity index (χ3n) is 0.550. The highest BCUT2D eigenvalue weighted by Crippen LogP contribution is 2.49. The molecule has 0 radical (unpaired) electrons. The summed E-state index contributed by atoms with van der Waals surface area (Å²) in [5.74, 6) is 0. The number of nitrogens with two attached hydrogens (primary N) is 1. The van der Waals surface area contributed by atoms with Crippen molar-refractivity contribution >= 4 is 22.6 Å². The van der Waals surface area contributed by atoms with Crippen molar-refractivity contribution in [2.75, 3.05) is 0 Å². The van der Waals surface area contributed by atoms with Gasteiger partial charge >= 0.3 is 0 Å². The largest absolute Gasteiger partial charge is 0.394 e. The first-order chi connectivity index (χ1) is 4.34. The first-order valence-corrected chi connectivity index (χ1v) is 4.48. The zero-order chi connectivity index (χ0) is 8.36. The van der Waals surface area contributed by atoms with E-state index < -0.39 is 10.9 Å². The third-order valence-corrected chi connectivity index (χ3v) is 2.57. The van der Waals surface area contributed by atoms with Gasteiger partial charge in [0.2, 0.25) is 0 Å². The number of hydrogen-bond acceptors (Lipinski definition) is 5. The molecule has 0 atom stereocenters. The number of rotatable bonds is 3. The fourth-order valence-corrected chi connectivity index (χ4v) is 1.26. The lowest BCUT2D eigenvalue weighted by Gasteiger charge is -2.20. The Bertz CT molecular complexity index is 162. The van der Waals surface area contributed by atoms with Gasteiger partial charge in [0.25, 0.3) is 0 Å². The molecule has 0 bridgehead atoms. The maximum atomic E-state index is 8.51. The van der Waals surface area contributed by atoms with Crippen LogP contribution in [0.2, 0.25) is 0 Å². The number of thioether (sulfide) groups is 1. The van der Waals surface area contributed by atoms with E-state index in [9.17, 15) is 0 Å². The van der Waals surface area contributed by atoms with Crippen LogP contribution in [0.25, 0.3) is 0 Å². The Morgan fingerprint density at radius 3 is 1.80 bits per heavy atom. The van der Waals surface area contributed by atoms with Crippen molar-refractivity contribution in [3.05, 3.63) is 22.4 Å². The van der Waals surface area contributed by atoms with Gasteiger partial charge in [0.05, 0.1) is 9.27 Å². The minimum Gasteiger partial charge on any atom is -0.394 e. The Balaban J connectivity index is 3.99. The molecule has 0 aromatic heterocycles. The maximum absolute atomic E-state index is 8.51. The molecule has 0 fully saturated rings. The Kier molecular flexibility index (Phi) is 3.26. The van der Waals surface area contributed by atoms with Gasteiger partial charge in [-0.3, -0.25) is 0 Å². The van der Waals surface area contributed by atoms with E-state index in [0.717, 1.165) is 11.8 Å². The summed E-state index contributed by atoms with van der Waals surface area (Å²) in [7, 11) is -3.67. The van der Waals surface area contributed by atoms with Crippen LogP contribution in [-0.4, -0.2) is 13.7 Å². The predicted molar refractivity (Wildman–Crippen MR) is 45.5 cm³/mol. The minimum atomic E-state index is -3.67. The first-order valence-electron chi connectivity index (χ1n) is 2.16. The van der Waals surface area contributed by atoms with Gasteiger partial charge in [0.1, 0.15) is 10.9 Å². The van der Waals surface area contributed by atoms with E-state index in [1.807, 2.05) is 0 Å². The summed E-state index contributed by atoms with van der Waals surface area (Å²) >= 11 is 0.737. The van der Waals surface area contributed by atoms with Crippen molar-refractivity contribution < 1.29 is 13.7 Å². The van der Waals surface area contributed by atoms with E-state index in [-0.39, 0.29) is 9.27 Å². The molecular formula is C4H9NO3S2.